The summed E-state index contributed by atoms with van der Waals surface area (Å²) < 4.78 is 2.65. The smallest absolute Gasteiger partial charge is 0.0355 e. The maximum absolute atomic E-state index is 2.43. The monoisotopic (exact) mass is 916 g/mol. The van der Waals surface area contributed by atoms with Crippen molar-refractivity contribution in [3.05, 3.63) is 267 Å². The molecule has 0 unspecified atom stereocenters. The van der Waals surface area contributed by atoms with Crippen molar-refractivity contribution >= 4 is 74.6 Å². The van der Waals surface area contributed by atoms with Crippen LogP contribution in [0.2, 0.25) is 0 Å². The first-order valence-corrected chi connectivity index (χ1v) is 25.3. The van der Waals surface area contributed by atoms with Gasteiger partial charge in [-0.05, 0) is 163 Å². The summed E-state index contributed by atoms with van der Waals surface area (Å²) >= 11 is 1.86. The van der Waals surface area contributed by atoms with Gasteiger partial charge in [0, 0.05) is 20.2 Å². The molecule has 330 valence electrons. The average molecular weight is 917 g/mol. The molecule has 0 bridgehead atoms. The number of hydrogen-bond donors (Lipinski definition) is 0. The van der Waals surface area contributed by atoms with Gasteiger partial charge in [0.1, 0.15) is 0 Å². The molecule has 0 radical (unpaired) electrons. The van der Waals surface area contributed by atoms with Gasteiger partial charge in [-0.1, -0.05) is 224 Å². The molecule has 0 spiro atoms. The molecule has 0 amide bonds. The Morgan fingerprint density at radius 3 is 1.28 bits per heavy atom. The van der Waals surface area contributed by atoms with Crippen LogP contribution in [0.4, 0.5) is 0 Å². The molecule has 0 aliphatic heterocycles. The van der Waals surface area contributed by atoms with Crippen LogP contribution in [0.5, 0.6) is 0 Å². The fraction of sp³-hybridized carbons (Fsp3) is 0. The minimum Gasteiger partial charge on any atom is -0.135 e. The van der Waals surface area contributed by atoms with Gasteiger partial charge >= 0.3 is 0 Å². The van der Waals surface area contributed by atoms with E-state index in [2.05, 4.69) is 267 Å². The van der Waals surface area contributed by atoms with E-state index >= 15 is 0 Å². The number of benzene rings is 13. The van der Waals surface area contributed by atoms with Gasteiger partial charge < -0.3 is 0 Å². The van der Waals surface area contributed by atoms with Crippen LogP contribution < -0.4 is 0 Å². The molecule has 14 aromatic rings. The van der Waals surface area contributed by atoms with Gasteiger partial charge in [0.25, 0.3) is 0 Å². The highest BCUT2D eigenvalue weighted by molar-refractivity contribution is 7.25. The molecular weight excluding hydrogens is 873 g/mol. The van der Waals surface area contributed by atoms with E-state index in [1.54, 1.807) is 0 Å². The molecule has 71 heavy (non-hydrogen) atoms. The molecule has 0 atom stereocenters. The predicted molar refractivity (Wildman–Crippen MR) is 307 cm³/mol. The number of hydrogen-bond acceptors (Lipinski definition) is 1. The van der Waals surface area contributed by atoms with E-state index in [0.29, 0.717) is 0 Å². The maximum atomic E-state index is 2.43. The van der Waals surface area contributed by atoms with Gasteiger partial charge in [-0.3, -0.25) is 0 Å². The quantitative estimate of drug-likeness (QED) is 0.110. The zero-order chi connectivity index (χ0) is 46.8. The molecule has 1 heteroatoms. The Hall–Kier alpha value is -8.88. The van der Waals surface area contributed by atoms with E-state index in [0.717, 1.165) is 0 Å². The Labute approximate surface area is 417 Å². The van der Waals surface area contributed by atoms with E-state index in [1.807, 2.05) is 11.3 Å². The Balaban J connectivity index is 0.945. The SMILES string of the molecule is c1ccc(-c2cc(-c3cccc(-c4c5ccccc5c(-c5ccc6ccc7ccccc7c6c5)c5ccccc45)c3)cc(-c3ccc(-c4ccc5sc6ccccc6c5c4)cc3)c2-c2ccccc2)cc1. The lowest BCUT2D eigenvalue weighted by Gasteiger charge is -2.20. The molecule has 0 saturated carbocycles. The molecular formula is C70H44S. The number of rotatable bonds is 7. The van der Waals surface area contributed by atoms with E-state index in [9.17, 15) is 0 Å². The summed E-state index contributed by atoms with van der Waals surface area (Å²) in [6, 6.07) is 99.0. The summed E-state index contributed by atoms with van der Waals surface area (Å²) in [5.41, 5.74) is 16.9. The van der Waals surface area contributed by atoms with E-state index in [-0.39, 0.29) is 0 Å². The van der Waals surface area contributed by atoms with Crippen LogP contribution >= 0.6 is 11.3 Å². The van der Waals surface area contributed by atoms with Crippen LogP contribution in [-0.4, -0.2) is 0 Å². The van der Waals surface area contributed by atoms with Crippen LogP contribution in [0.3, 0.4) is 0 Å². The molecule has 14 rings (SSSR count). The molecule has 0 aliphatic rings. The van der Waals surface area contributed by atoms with Crippen molar-refractivity contribution in [1.29, 1.82) is 0 Å². The van der Waals surface area contributed by atoms with Crippen molar-refractivity contribution in [2.45, 2.75) is 0 Å². The molecule has 13 aromatic carbocycles. The van der Waals surface area contributed by atoms with Crippen LogP contribution in [0.25, 0.3) is 141 Å². The van der Waals surface area contributed by atoms with Crippen molar-refractivity contribution in [3.63, 3.8) is 0 Å². The lowest BCUT2D eigenvalue weighted by atomic mass is 9.83. The first kappa shape index (κ1) is 41.1. The molecule has 0 saturated heterocycles. The normalized spacial score (nSPS) is 11.7. The van der Waals surface area contributed by atoms with Gasteiger partial charge in [-0.15, -0.1) is 11.3 Å². The average Bonchev–Trinajstić information content (AvgIpc) is 3.82. The van der Waals surface area contributed by atoms with Gasteiger partial charge in [0.15, 0.2) is 0 Å². The fourth-order valence-corrected chi connectivity index (χ4v) is 12.4. The lowest BCUT2D eigenvalue weighted by molar-refractivity contribution is 1.54. The third-order valence-electron chi connectivity index (χ3n) is 14.6. The zero-order valence-electron chi connectivity index (χ0n) is 38.8. The van der Waals surface area contributed by atoms with Crippen LogP contribution in [0.1, 0.15) is 0 Å². The van der Waals surface area contributed by atoms with Gasteiger partial charge in [0.2, 0.25) is 0 Å². The summed E-state index contributed by atoms with van der Waals surface area (Å²) in [7, 11) is 0. The van der Waals surface area contributed by atoms with E-state index in [4.69, 9.17) is 0 Å². The summed E-state index contributed by atoms with van der Waals surface area (Å²) in [4.78, 5) is 0. The second-order valence-electron chi connectivity index (χ2n) is 18.7. The highest BCUT2D eigenvalue weighted by Crippen LogP contribution is 2.48. The van der Waals surface area contributed by atoms with Gasteiger partial charge in [-0.25, -0.2) is 0 Å². The standard InChI is InChI=1S/C70H44S/c1-3-16-46(17-4-1)63-43-55(44-64(68(63)50-19-5-2-6-20-50)49-32-30-45(31-33-49)52-38-39-67-65(41-52)57-24-13-14-29-66(57)71-67)51-21-15-22-53(40-51)69-58-25-9-11-27-60(58)70(61-28-12-10-26-59(61)69)54-37-36-48-35-34-47-18-7-8-23-56(47)62(48)42-54/h1-44H. The molecule has 0 N–H and O–H groups in total. The topological polar surface area (TPSA) is 0 Å². The minimum atomic E-state index is 1.17. The van der Waals surface area contributed by atoms with Crippen molar-refractivity contribution in [2.75, 3.05) is 0 Å². The third kappa shape index (κ3) is 7.05. The molecule has 0 aliphatic carbocycles. The summed E-state index contributed by atoms with van der Waals surface area (Å²) in [6.45, 7) is 0. The van der Waals surface area contributed by atoms with Crippen LogP contribution in [-0.2, 0) is 0 Å². The Morgan fingerprint density at radius 2 is 0.606 bits per heavy atom. The first-order chi connectivity index (χ1) is 35.2. The Morgan fingerprint density at radius 1 is 0.183 bits per heavy atom. The number of thiophene rings is 1. The summed E-state index contributed by atoms with van der Waals surface area (Å²) in [5.74, 6) is 0. The largest absolute Gasteiger partial charge is 0.135 e. The third-order valence-corrected chi connectivity index (χ3v) is 15.8. The maximum Gasteiger partial charge on any atom is 0.0355 e. The molecule has 1 aromatic heterocycles. The van der Waals surface area contributed by atoms with E-state index in [1.165, 1.54) is 141 Å². The highest BCUT2D eigenvalue weighted by Gasteiger charge is 2.21. The first-order valence-electron chi connectivity index (χ1n) is 24.5. The van der Waals surface area contributed by atoms with Crippen molar-refractivity contribution in [2.24, 2.45) is 0 Å². The highest BCUT2D eigenvalue weighted by atomic mass is 32.1. The van der Waals surface area contributed by atoms with Crippen LogP contribution in [0, 0.1) is 0 Å². The molecule has 0 nitrogen and oxygen atoms in total. The van der Waals surface area contributed by atoms with Gasteiger partial charge in [-0.2, -0.15) is 0 Å². The van der Waals surface area contributed by atoms with E-state index < -0.39 is 0 Å². The Kier molecular flexibility index (Phi) is 9.82. The van der Waals surface area contributed by atoms with Gasteiger partial charge in [0.05, 0.1) is 0 Å². The lowest BCUT2D eigenvalue weighted by Crippen LogP contribution is -1.94. The second kappa shape index (κ2) is 17.0. The molecule has 1 heterocycles. The summed E-state index contributed by atoms with van der Waals surface area (Å²) in [5, 5.41) is 12.7. The zero-order valence-corrected chi connectivity index (χ0v) is 39.6. The van der Waals surface area contributed by atoms with Crippen molar-refractivity contribution in [1.82, 2.24) is 0 Å². The fourth-order valence-electron chi connectivity index (χ4n) is 11.3. The second-order valence-corrected chi connectivity index (χ2v) is 19.8. The van der Waals surface area contributed by atoms with Crippen LogP contribution in [0.15, 0.2) is 267 Å². The minimum absolute atomic E-state index is 1.17. The van der Waals surface area contributed by atoms with Crippen molar-refractivity contribution in [3.8, 4) is 77.9 Å². The Bertz CT molecular complexity index is 4310. The predicted octanol–water partition coefficient (Wildman–Crippen LogP) is 20.3. The van der Waals surface area contributed by atoms with Crippen molar-refractivity contribution < 1.29 is 0 Å². The number of fused-ring (bicyclic) bond motifs is 8. The molecule has 0 fully saturated rings. The summed E-state index contributed by atoms with van der Waals surface area (Å²) in [6.07, 6.45) is 0.